The largest absolute Gasteiger partial charge is 0.368 e. The molecule has 0 bridgehead atoms. The number of carbonyl (C=O) groups is 3. The van der Waals surface area contributed by atoms with Gasteiger partial charge in [-0.05, 0) is 41.8 Å². The van der Waals surface area contributed by atoms with Crippen LogP contribution >= 0.6 is 23.2 Å². The number of nitrogens with two attached hydrogens (primary N) is 1. The van der Waals surface area contributed by atoms with E-state index in [1.54, 1.807) is 30.3 Å². The first kappa shape index (κ1) is 20.8. The Bertz CT molecular complexity index is 1030. The second-order valence-electron chi connectivity index (χ2n) is 7.24. The van der Waals surface area contributed by atoms with Gasteiger partial charge in [-0.2, -0.15) is 5.06 Å². The molecule has 9 heteroatoms. The molecular weight excluding hydrogens is 429 g/mol. The highest BCUT2D eigenvalue weighted by Gasteiger charge is 2.60. The number of hydroxylamine groups is 2. The first-order valence-corrected chi connectivity index (χ1v) is 10.2. The third-order valence-electron chi connectivity index (χ3n) is 5.39. The van der Waals surface area contributed by atoms with E-state index in [-0.39, 0.29) is 6.54 Å². The Hall–Kier alpha value is -2.45. The Morgan fingerprint density at radius 3 is 2.37 bits per heavy atom. The number of fused-ring (bicyclic) bond motifs is 1. The number of halogens is 2. The van der Waals surface area contributed by atoms with Gasteiger partial charge in [0.05, 0.1) is 27.7 Å². The third-order valence-corrected chi connectivity index (χ3v) is 6.13. The van der Waals surface area contributed by atoms with E-state index in [9.17, 15) is 14.4 Å². The topological polar surface area (TPSA) is 92.9 Å². The Morgan fingerprint density at radius 1 is 1.07 bits per heavy atom. The molecule has 156 valence electrons. The Morgan fingerprint density at radius 2 is 1.77 bits per heavy atom. The molecule has 2 fully saturated rings. The van der Waals surface area contributed by atoms with Crippen LogP contribution in [-0.2, 0) is 25.6 Å². The van der Waals surface area contributed by atoms with Gasteiger partial charge in [-0.1, -0.05) is 48.3 Å². The molecule has 2 aromatic carbocycles. The summed E-state index contributed by atoms with van der Waals surface area (Å²) in [5, 5.41) is 1.93. The molecule has 0 saturated carbocycles. The van der Waals surface area contributed by atoms with E-state index >= 15 is 0 Å². The molecule has 30 heavy (non-hydrogen) atoms. The molecular formula is C21H19Cl2N3O4. The minimum absolute atomic E-state index is 0.274. The van der Waals surface area contributed by atoms with Crippen LogP contribution in [0.25, 0.3) is 0 Å². The summed E-state index contributed by atoms with van der Waals surface area (Å²) >= 11 is 12.2. The highest BCUT2D eigenvalue weighted by atomic mass is 35.5. The summed E-state index contributed by atoms with van der Waals surface area (Å²) in [6.07, 6.45) is -0.208. The third kappa shape index (κ3) is 3.48. The van der Waals surface area contributed by atoms with Crippen molar-refractivity contribution < 1.29 is 19.2 Å². The summed E-state index contributed by atoms with van der Waals surface area (Å²) < 4.78 is 0. The fraction of sp³-hybridized carbons (Fsp3) is 0.286. The van der Waals surface area contributed by atoms with E-state index in [4.69, 9.17) is 33.8 Å². The molecule has 2 N–H and O–H groups in total. The molecule has 7 nitrogen and oxygen atoms in total. The number of imide groups is 1. The smallest absolute Gasteiger partial charge is 0.265 e. The van der Waals surface area contributed by atoms with Crippen molar-refractivity contribution >= 4 is 46.6 Å². The zero-order chi connectivity index (χ0) is 21.6. The van der Waals surface area contributed by atoms with Crippen LogP contribution in [0.1, 0.15) is 24.1 Å². The summed E-state index contributed by atoms with van der Waals surface area (Å²) in [5.41, 5.74) is 7.52. The first-order valence-electron chi connectivity index (χ1n) is 9.45. The van der Waals surface area contributed by atoms with E-state index in [0.717, 1.165) is 16.9 Å². The van der Waals surface area contributed by atoms with Gasteiger partial charge in [-0.25, -0.2) is 4.90 Å². The van der Waals surface area contributed by atoms with Gasteiger partial charge in [-0.3, -0.25) is 19.2 Å². The SMILES string of the molecule is CCc1ccc(N2C(=O)C3ON(CC(N)=O)C(c4ccc(Cl)c(Cl)c4)C3C2=O)cc1. The maximum Gasteiger partial charge on any atom is 0.265 e. The second kappa shape index (κ2) is 8.00. The van der Waals surface area contributed by atoms with E-state index in [0.29, 0.717) is 21.3 Å². The van der Waals surface area contributed by atoms with E-state index in [2.05, 4.69) is 0 Å². The number of hydrogen-bond acceptors (Lipinski definition) is 5. The average Bonchev–Trinajstić information content (AvgIpc) is 3.19. The number of primary amides is 1. The summed E-state index contributed by atoms with van der Waals surface area (Å²) in [4.78, 5) is 44.9. The van der Waals surface area contributed by atoms with Crippen molar-refractivity contribution in [3.63, 3.8) is 0 Å². The van der Waals surface area contributed by atoms with Gasteiger partial charge < -0.3 is 5.73 Å². The van der Waals surface area contributed by atoms with E-state index < -0.39 is 35.8 Å². The quantitative estimate of drug-likeness (QED) is 0.711. The normalized spacial score (nSPS) is 23.8. The fourth-order valence-electron chi connectivity index (χ4n) is 3.96. The van der Waals surface area contributed by atoms with Crippen LogP contribution in [0, 0.1) is 5.92 Å². The molecule has 2 heterocycles. The molecule has 3 atom stereocenters. The average molecular weight is 448 g/mol. The Labute approximate surface area is 183 Å². The number of benzene rings is 2. The maximum absolute atomic E-state index is 13.3. The van der Waals surface area contributed by atoms with Crippen LogP contribution in [-0.4, -0.2) is 35.4 Å². The van der Waals surface area contributed by atoms with Crippen LogP contribution in [0.5, 0.6) is 0 Å². The van der Waals surface area contributed by atoms with Gasteiger partial charge in [0, 0.05) is 0 Å². The van der Waals surface area contributed by atoms with Crippen molar-refractivity contribution in [2.24, 2.45) is 11.7 Å². The minimum Gasteiger partial charge on any atom is -0.368 e. The highest BCUT2D eigenvalue weighted by molar-refractivity contribution is 6.42. The van der Waals surface area contributed by atoms with Crippen LogP contribution < -0.4 is 10.6 Å². The molecule has 4 rings (SSSR count). The number of aryl methyl sites for hydroxylation is 1. The van der Waals surface area contributed by atoms with Gasteiger partial charge >= 0.3 is 0 Å². The van der Waals surface area contributed by atoms with Crippen molar-refractivity contribution in [3.8, 4) is 0 Å². The zero-order valence-electron chi connectivity index (χ0n) is 16.0. The lowest BCUT2D eigenvalue weighted by Gasteiger charge is -2.26. The molecule has 3 amide bonds. The van der Waals surface area contributed by atoms with Gasteiger partial charge in [-0.15, -0.1) is 0 Å². The van der Waals surface area contributed by atoms with Gasteiger partial charge in [0.15, 0.2) is 6.10 Å². The lowest BCUT2D eigenvalue weighted by Crippen LogP contribution is -2.40. The summed E-state index contributed by atoms with van der Waals surface area (Å²) in [6, 6.07) is 11.4. The minimum atomic E-state index is -1.05. The van der Waals surface area contributed by atoms with Crippen molar-refractivity contribution in [2.45, 2.75) is 25.5 Å². The Kier molecular flexibility index (Phi) is 5.55. The second-order valence-corrected chi connectivity index (χ2v) is 8.06. The van der Waals surface area contributed by atoms with Crippen LogP contribution in [0.15, 0.2) is 42.5 Å². The number of carbonyl (C=O) groups excluding carboxylic acids is 3. The van der Waals surface area contributed by atoms with Crippen molar-refractivity contribution in [1.82, 2.24) is 5.06 Å². The summed E-state index contributed by atoms with van der Waals surface area (Å²) in [5.74, 6) is -2.38. The van der Waals surface area contributed by atoms with Gasteiger partial charge in [0.25, 0.3) is 5.91 Å². The van der Waals surface area contributed by atoms with Crippen molar-refractivity contribution in [1.29, 1.82) is 0 Å². The van der Waals surface area contributed by atoms with Gasteiger partial charge in [0.1, 0.15) is 6.54 Å². The predicted molar refractivity (Wildman–Crippen MR) is 112 cm³/mol. The van der Waals surface area contributed by atoms with Crippen LogP contribution in [0.3, 0.4) is 0 Å². The number of hydrogen-bond donors (Lipinski definition) is 1. The number of nitrogens with zero attached hydrogens (tertiary/aromatic N) is 2. The fourth-order valence-corrected chi connectivity index (χ4v) is 4.27. The molecule has 0 aromatic heterocycles. The monoisotopic (exact) mass is 447 g/mol. The van der Waals surface area contributed by atoms with Crippen LogP contribution in [0.2, 0.25) is 10.0 Å². The molecule has 2 aromatic rings. The lowest BCUT2D eigenvalue weighted by atomic mass is 9.91. The first-order chi connectivity index (χ1) is 14.3. The maximum atomic E-state index is 13.3. The molecule has 0 aliphatic carbocycles. The predicted octanol–water partition coefficient (Wildman–Crippen LogP) is 2.89. The highest BCUT2D eigenvalue weighted by Crippen LogP contribution is 2.46. The molecule has 2 saturated heterocycles. The van der Waals surface area contributed by atoms with Crippen molar-refractivity contribution in [3.05, 3.63) is 63.6 Å². The molecule has 0 radical (unpaired) electrons. The Balaban J connectivity index is 1.73. The standard InChI is InChI=1S/C21H19Cl2N3O4/c1-2-11-3-6-13(7-4-11)26-20(28)17-18(12-5-8-14(22)15(23)9-12)25(10-16(24)27)30-19(17)21(26)29/h3-9,17-19H,2,10H2,1H3,(H2,24,27). The van der Waals surface area contributed by atoms with Gasteiger partial charge in [0.2, 0.25) is 11.8 Å². The van der Waals surface area contributed by atoms with E-state index in [1.165, 1.54) is 5.06 Å². The van der Waals surface area contributed by atoms with E-state index in [1.807, 2.05) is 19.1 Å². The molecule has 2 aliphatic rings. The van der Waals surface area contributed by atoms with Crippen molar-refractivity contribution in [2.75, 3.05) is 11.4 Å². The van der Waals surface area contributed by atoms with Crippen LogP contribution in [0.4, 0.5) is 5.69 Å². The number of anilines is 1. The number of amides is 3. The molecule has 3 unspecified atom stereocenters. The lowest BCUT2D eigenvalue weighted by molar-refractivity contribution is -0.175. The molecule has 0 spiro atoms. The zero-order valence-corrected chi connectivity index (χ0v) is 17.6. The summed E-state index contributed by atoms with van der Waals surface area (Å²) in [7, 11) is 0. The summed E-state index contributed by atoms with van der Waals surface area (Å²) in [6.45, 7) is 1.75. The molecule has 2 aliphatic heterocycles. The number of rotatable bonds is 5.